The van der Waals surface area contributed by atoms with E-state index >= 15 is 0 Å². The van der Waals surface area contributed by atoms with Gasteiger partial charge in [-0.3, -0.25) is 10.1 Å². The summed E-state index contributed by atoms with van der Waals surface area (Å²) in [5, 5.41) is 13.9. The summed E-state index contributed by atoms with van der Waals surface area (Å²) >= 11 is 13.8. The van der Waals surface area contributed by atoms with E-state index in [4.69, 9.17) is 23.2 Å². The van der Waals surface area contributed by atoms with Gasteiger partial charge in [-0.25, -0.2) is 9.97 Å². The Balaban J connectivity index is 2.44. The number of aromatic nitrogens is 2. The molecule has 0 bridgehead atoms. The molecule has 1 N–H and O–H groups in total. The van der Waals surface area contributed by atoms with Crippen molar-refractivity contribution in [1.29, 1.82) is 0 Å². The van der Waals surface area contributed by atoms with Gasteiger partial charge < -0.3 is 5.32 Å². The van der Waals surface area contributed by atoms with Crippen LogP contribution in [0.25, 0.3) is 0 Å². The molecule has 0 saturated carbocycles. The summed E-state index contributed by atoms with van der Waals surface area (Å²) < 4.78 is 0.948. The molecule has 6 nitrogen and oxygen atoms in total. The van der Waals surface area contributed by atoms with Gasteiger partial charge in [0.1, 0.15) is 6.33 Å². The minimum atomic E-state index is -0.648. The fraction of sp³-hybridized carbons (Fsp3) is 0. The van der Waals surface area contributed by atoms with Crippen molar-refractivity contribution < 1.29 is 4.92 Å². The molecule has 98 valence electrons. The van der Waals surface area contributed by atoms with Crippen molar-refractivity contribution in [3.63, 3.8) is 0 Å². The fourth-order valence-electron chi connectivity index (χ4n) is 1.33. The molecule has 1 aromatic carbocycles. The number of nitrogens with zero attached hydrogens (tertiary/aromatic N) is 3. The van der Waals surface area contributed by atoms with E-state index in [9.17, 15) is 10.1 Å². The van der Waals surface area contributed by atoms with Crippen molar-refractivity contribution in [2.24, 2.45) is 0 Å². The fourth-order valence-corrected chi connectivity index (χ4v) is 2.43. The van der Waals surface area contributed by atoms with Gasteiger partial charge in [0.05, 0.1) is 15.6 Å². The van der Waals surface area contributed by atoms with Crippen molar-refractivity contribution in [1.82, 2.24) is 9.97 Å². The summed E-state index contributed by atoms with van der Waals surface area (Å²) in [5.74, 6) is -0.00638. The van der Waals surface area contributed by atoms with E-state index < -0.39 is 10.6 Å². The second kappa shape index (κ2) is 5.85. The molecule has 0 unspecified atom stereocenters. The Labute approximate surface area is 131 Å². The van der Waals surface area contributed by atoms with E-state index in [1.807, 2.05) is 6.07 Å². The summed E-state index contributed by atoms with van der Waals surface area (Å²) in [4.78, 5) is 17.7. The SMILES string of the molecule is O=[N+]([O-])c1c(Cl)ncnc1Nc1ccc(I)cc1Cl. The first-order valence-electron chi connectivity index (χ1n) is 4.86. The zero-order valence-electron chi connectivity index (χ0n) is 9.10. The summed E-state index contributed by atoms with van der Waals surface area (Å²) in [5.41, 5.74) is 0.110. The maximum atomic E-state index is 10.9. The van der Waals surface area contributed by atoms with Crippen molar-refractivity contribution in [3.05, 3.63) is 48.4 Å². The smallest absolute Gasteiger partial charge is 0.333 e. The molecule has 2 aromatic rings. The third-order valence-electron chi connectivity index (χ3n) is 2.14. The lowest BCUT2D eigenvalue weighted by molar-refractivity contribution is -0.384. The first kappa shape index (κ1) is 14.2. The minimum absolute atomic E-state index is 0.00638. The van der Waals surface area contributed by atoms with Gasteiger partial charge in [0.15, 0.2) is 0 Å². The number of rotatable bonds is 3. The first-order chi connectivity index (χ1) is 8.99. The van der Waals surface area contributed by atoms with Crippen LogP contribution in [0.4, 0.5) is 17.2 Å². The third kappa shape index (κ3) is 3.23. The maximum Gasteiger partial charge on any atom is 0.348 e. The third-order valence-corrected chi connectivity index (χ3v) is 3.40. The molecule has 0 aliphatic carbocycles. The van der Waals surface area contributed by atoms with E-state index in [2.05, 4.69) is 37.9 Å². The number of benzene rings is 1. The van der Waals surface area contributed by atoms with Gasteiger partial charge in [-0.1, -0.05) is 23.2 Å². The summed E-state index contributed by atoms with van der Waals surface area (Å²) in [6, 6.07) is 5.23. The number of anilines is 2. The van der Waals surface area contributed by atoms with Crippen LogP contribution in [-0.4, -0.2) is 14.9 Å². The molecule has 1 heterocycles. The lowest BCUT2D eigenvalue weighted by atomic mass is 10.3. The van der Waals surface area contributed by atoms with Crippen LogP contribution in [0.15, 0.2) is 24.5 Å². The van der Waals surface area contributed by atoms with Crippen LogP contribution < -0.4 is 5.32 Å². The summed E-state index contributed by atoms with van der Waals surface area (Å²) in [6.07, 6.45) is 1.14. The topological polar surface area (TPSA) is 81.0 Å². The van der Waals surface area contributed by atoms with Gasteiger partial charge in [0.2, 0.25) is 11.0 Å². The monoisotopic (exact) mass is 410 g/mol. The zero-order valence-corrected chi connectivity index (χ0v) is 12.8. The second-order valence-electron chi connectivity index (χ2n) is 3.37. The van der Waals surface area contributed by atoms with E-state index in [-0.39, 0.29) is 11.0 Å². The zero-order chi connectivity index (χ0) is 14.0. The van der Waals surface area contributed by atoms with Gasteiger partial charge in [0.25, 0.3) is 0 Å². The van der Waals surface area contributed by atoms with Gasteiger partial charge in [-0.15, -0.1) is 0 Å². The molecule has 0 fully saturated rings. The number of hydrogen-bond donors (Lipinski definition) is 1. The van der Waals surface area contributed by atoms with E-state index in [0.717, 1.165) is 9.90 Å². The number of nitrogens with one attached hydrogen (secondary N) is 1. The van der Waals surface area contributed by atoms with Crippen molar-refractivity contribution in [2.75, 3.05) is 5.32 Å². The molecular weight excluding hydrogens is 406 g/mol. The lowest BCUT2D eigenvalue weighted by Gasteiger charge is -2.08. The quantitative estimate of drug-likeness (QED) is 0.357. The number of halogens is 3. The highest BCUT2D eigenvalue weighted by atomic mass is 127. The lowest BCUT2D eigenvalue weighted by Crippen LogP contribution is -2.02. The van der Waals surface area contributed by atoms with E-state index in [1.54, 1.807) is 12.1 Å². The van der Waals surface area contributed by atoms with Crippen LogP contribution in [-0.2, 0) is 0 Å². The number of nitro groups is 1. The van der Waals surface area contributed by atoms with Crippen LogP contribution in [0.2, 0.25) is 10.2 Å². The predicted molar refractivity (Wildman–Crippen MR) is 81.1 cm³/mol. The second-order valence-corrected chi connectivity index (χ2v) is 5.38. The molecule has 2 rings (SSSR count). The molecule has 1 aromatic heterocycles. The van der Waals surface area contributed by atoms with Gasteiger partial charge in [-0.2, -0.15) is 0 Å². The van der Waals surface area contributed by atoms with Crippen LogP contribution >= 0.6 is 45.8 Å². The van der Waals surface area contributed by atoms with Crippen LogP contribution in [0, 0.1) is 13.7 Å². The van der Waals surface area contributed by atoms with Crippen LogP contribution in [0.1, 0.15) is 0 Å². The Kier molecular flexibility index (Phi) is 4.38. The van der Waals surface area contributed by atoms with Crippen molar-refractivity contribution in [2.45, 2.75) is 0 Å². The Hall–Kier alpha value is -1.19. The highest BCUT2D eigenvalue weighted by Crippen LogP contribution is 2.33. The highest BCUT2D eigenvalue weighted by Gasteiger charge is 2.22. The van der Waals surface area contributed by atoms with Gasteiger partial charge in [-0.05, 0) is 40.8 Å². The van der Waals surface area contributed by atoms with Crippen LogP contribution in [0.3, 0.4) is 0 Å². The molecule has 0 radical (unpaired) electrons. The number of hydrogen-bond acceptors (Lipinski definition) is 5. The largest absolute Gasteiger partial charge is 0.348 e. The van der Waals surface area contributed by atoms with E-state index in [0.29, 0.717) is 10.7 Å². The molecule has 0 atom stereocenters. The molecular formula is C10H5Cl2IN4O2. The Morgan fingerprint density at radius 1 is 1.32 bits per heavy atom. The van der Waals surface area contributed by atoms with Gasteiger partial charge in [0, 0.05) is 3.57 Å². The Morgan fingerprint density at radius 3 is 2.68 bits per heavy atom. The van der Waals surface area contributed by atoms with Crippen molar-refractivity contribution in [3.8, 4) is 0 Å². The molecule has 0 saturated heterocycles. The average molecular weight is 411 g/mol. The van der Waals surface area contributed by atoms with E-state index in [1.165, 1.54) is 0 Å². The molecule has 0 aliphatic rings. The van der Waals surface area contributed by atoms with Crippen molar-refractivity contribution >= 4 is 63.0 Å². The first-order valence-corrected chi connectivity index (χ1v) is 6.69. The highest BCUT2D eigenvalue weighted by molar-refractivity contribution is 14.1. The summed E-state index contributed by atoms with van der Waals surface area (Å²) in [6.45, 7) is 0. The van der Waals surface area contributed by atoms with Gasteiger partial charge >= 0.3 is 5.69 Å². The maximum absolute atomic E-state index is 10.9. The Morgan fingerprint density at radius 2 is 2.05 bits per heavy atom. The summed E-state index contributed by atoms with van der Waals surface area (Å²) in [7, 11) is 0. The Bertz CT molecular complexity index is 653. The molecule has 0 spiro atoms. The molecule has 19 heavy (non-hydrogen) atoms. The molecule has 0 amide bonds. The standard InChI is InChI=1S/C10H5Cl2IN4O2/c11-6-3-5(13)1-2-7(6)16-10-8(17(18)19)9(12)14-4-15-10/h1-4H,(H,14,15,16). The predicted octanol–water partition coefficient (Wildman–Crippen LogP) is 4.04. The molecule has 9 heteroatoms. The van der Waals surface area contributed by atoms with Crippen LogP contribution in [0.5, 0.6) is 0 Å². The molecule has 0 aliphatic heterocycles. The normalized spacial score (nSPS) is 10.3. The minimum Gasteiger partial charge on any atom is -0.333 e. The average Bonchev–Trinajstić information content (AvgIpc) is 2.32.